The zero-order valence-corrected chi connectivity index (χ0v) is 10.3. The maximum Gasteiger partial charge on any atom is 0.306 e. The lowest BCUT2D eigenvalue weighted by Crippen LogP contribution is -2.57. The molecule has 9 nitrogen and oxygen atoms in total. The van der Waals surface area contributed by atoms with E-state index in [0.29, 0.717) is 0 Å². The molecular weight excluding hydrogens is 262 g/mol. The lowest BCUT2D eigenvalue weighted by molar-refractivity contribution is -0.143. The van der Waals surface area contributed by atoms with Crippen LogP contribution in [0.15, 0.2) is 0 Å². The van der Waals surface area contributed by atoms with Crippen LogP contribution in [-0.4, -0.2) is 79.6 Å². The van der Waals surface area contributed by atoms with Crippen molar-refractivity contribution in [3.8, 4) is 0 Å². The maximum atomic E-state index is 10.9. The highest BCUT2D eigenvalue weighted by Crippen LogP contribution is 2.11. The number of aliphatic hydroxyl groups is 5. The van der Waals surface area contributed by atoms with Crippen molar-refractivity contribution in [3.63, 3.8) is 0 Å². The summed E-state index contributed by atoms with van der Waals surface area (Å²) in [5.74, 6) is -2.04. The van der Waals surface area contributed by atoms with E-state index in [1.807, 2.05) is 0 Å². The number of carbonyl (C=O) groups excluding carboxylic acids is 1. The van der Waals surface area contributed by atoms with Crippen molar-refractivity contribution in [2.24, 2.45) is 0 Å². The van der Waals surface area contributed by atoms with Crippen molar-refractivity contribution >= 4 is 11.9 Å². The van der Waals surface area contributed by atoms with E-state index in [-0.39, 0.29) is 0 Å². The molecule has 0 heterocycles. The molecule has 5 atom stereocenters. The van der Waals surface area contributed by atoms with E-state index < -0.39 is 55.4 Å². The van der Waals surface area contributed by atoms with Crippen LogP contribution in [0.25, 0.3) is 0 Å². The second-order valence-corrected chi connectivity index (χ2v) is 4.12. The van der Waals surface area contributed by atoms with Crippen LogP contribution in [0.1, 0.15) is 13.3 Å². The van der Waals surface area contributed by atoms with Crippen LogP contribution in [0.2, 0.25) is 0 Å². The van der Waals surface area contributed by atoms with Crippen molar-refractivity contribution in [2.75, 3.05) is 6.61 Å². The number of carbonyl (C=O) groups is 2. The van der Waals surface area contributed by atoms with Gasteiger partial charge in [-0.3, -0.25) is 9.59 Å². The minimum Gasteiger partial charge on any atom is -0.481 e. The number of aliphatic carboxylic acids is 1. The van der Waals surface area contributed by atoms with Gasteiger partial charge in [-0.2, -0.15) is 0 Å². The van der Waals surface area contributed by atoms with Gasteiger partial charge in [0.2, 0.25) is 5.91 Å². The third-order valence-corrected chi connectivity index (χ3v) is 2.47. The zero-order chi connectivity index (χ0) is 15.2. The lowest BCUT2D eigenvalue weighted by Gasteiger charge is -2.31. The summed E-state index contributed by atoms with van der Waals surface area (Å²) >= 11 is 0. The Kier molecular flexibility index (Phi) is 7.49. The van der Waals surface area contributed by atoms with Crippen molar-refractivity contribution in [1.82, 2.24) is 5.32 Å². The number of hydrogen-bond acceptors (Lipinski definition) is 7. The van der Waals surface area contributed by atoms with Crippen LogP contribution in [0, 0.1) is 0 Å². The second kappa shape index (κ2) is 8.02. The Morgan fingerprint density at radius 2 is 1.58 bits per heavy atom. The highest BCUT2D eigenvalue weighted by molar-refractivity contribution is 5.73. The Morgan fingerprint density at radius 1 is 1.05 bits per heavy atom. The SMILES string of the molecule is CC(=O)NC(C(O)CC(=O)O)C(O)[C@H](O)[C@H](O)CO. The molecule has 0 radical (unpaired) electrons. The third-order valence-electron chi connectivity index (χ3n) is 2.47. The molecule has 0 spiro atoms. The quantitative estimate of drug-likeness (QED) is 0.239. The number of hydrogen-bond donors (Lipinski definition) is 7. The van der Waals surface area contributed by atoms with Crippen LogP contribution in [-0.2, 0) is 9.59 Å². The molecule has 0 bridgehead atoms. The van der Waals surface area contributed by atoms with Crippen molar-refractivity contribution < 1.29 is 40.2 Å². The molecule has 0 aliphatic rings. The van der Waals surface area contributed by atoms with Gasteiger partial charge in [0.05, 0.1) is 25.2 Å². The van der Waals surface area contributed by atoms with Gasteiger partial charge in [0.25, 0.3) is 0 Å². The van der Waals surface area contributed by atoms with Gasteiger partial charge in [0, 0.05) is 6.92 Å². The first-order chi connectivity index (χ1) is 8.70. The second-order valence-electron chi connectivity index (χ2n) is 4.12. The van der Waals surface area contributed by atoms with Crippen LogP contribution < -0.4 is 5.32 Å². The van der Waals surface area contributed by atoms with E-state index in [9.17, 15) is 30.0 Å². The number of carboxylic acids is 1. The standard InChI is InChI=1S/C10H19NO8/c1-4(13)11-8(5(14)2-7(16)17)10(19)9(18)6(15)3-12/h5-6,8-10,12,14-15,18-19H,2-3H2,1H3,(H,11,13)(H,16,17)/t5?,6-,8?,9-,10?/m1/s1. The van der Waals surface area contributed by atoms with Gasteiger partial charge in [-0.15, -0.1) is 0 Å². The van der Waals surface area contributed by atoms with Crippen LogP contribution in [0.3, 0.4) is 0 Å². The van der Waals surface area contributed by atoms with Crippen molar-refractivity contribution in [3.05, 3.63) is 0 Å². The van der Waals surface area contributed by atoms with E-state index in [2.05, 4.69) is 5.32 Å². The smallest absolute Gasteiger partial charge is 0.306 e. The highest BCUT2D eigenvalue weighted by Gasteiger charge is 2.36. The van der Waals surface area contributed by atoms with E-state index in [0.717, 1.165) is 6.92 Å². The molecule has 0 saturated carbocycles. The molecule has 0 aliphatic heterocycles. The fraction of sp³-hybridized carbons (Fsp3) is 0.800. The number of aliphatic hydroxyl groups excluding tert-OH is 5. The summed E-state index contributed by atoms with van der Waals surface area (Å²) < 4.78 is 0. The number of nitrogens with one attached hydrogen (secondary N) is 1. The lowest BCUT2D eigenvalue weighted by atomic mass is 9.95. The van der Waals surface area contributed by atoms with Gasteiger partial charge in [0.15, 0.2) is 0 Å². The molecule has 0 aromatic heterocycles. The molecule has 19 heavy (non-hydrogen) atoms. The van der Waals surface area contributed by atoms with Gasteiger partial charge in [-0.05, 0) is 0 Å². The molecule has 9 heteroatoms. The molecule has 7 N–H and O–H groups in total. The highest BCUT2D eigenvalue weighted by atomic mass is 16.4. The first-order valence-corrected chi connectivity index (χ1v) is 5.52. The minimum atomic E-state index is -1.86. The van der Waals surface area contributed by atoms with Crippen LogP contribution in [0.5, 0.6) is 0 Å². The molecule has 3 unspecified atom stereocenters. The van der Waals surface area contributed by atoms with Gasteiger partial charge in [-0.1, -0.05) is 0 Å². The van der Waals surface area contributed by atoms with E-state index in [1.165, 1.54) is 0 Å². The first kappa shape index (κ1) is 17.7. The average Bonchev–Trinajstić information content (AvgIpc) is 2.31. The number of carboxylic acid groups (broad SMARTS) is 1. The van der Waals surface area contributed by atoms with Gasteiger partial charge >= 0.3 is 5.97 Å². The Morgan fingerprint density at radius 3 is 1.95 bits per heavy atom. The summed E-state index contributed by atoms with van der Waals surface area (Å²) in [6.45, 7) is 0.224. The normalized spacial score (nSPS) is 19.1. The summed E-state index contributed by atoms with van der Waals surface area (Å²) in [5.41, 5.74) is 0. The molecule has 1 amide bonds. The monoisotopic (exact) mass is 281 g/mol. The van der Waals surface area contributed by atoms with E-state index >= 15 is 0 Å². The van der Waals surface area contributed by atoms with Gasteiger partial charge in [-0.25, -0.2) is 0 Å². The average molecular weight is 281 g/mol. The number of rotatable bonds is 8. The fourth-order valence-electron chi connectivity index (χ4n) is 1.50. The molecule has 0 fully saturated rings. The Bertz CT molecular complexity index is 310. The molecule has 0 rings (SSSR count). The predicted molar refractivity (Wildman–Crippen MR) is 61.0 cm³/mol. The minimum absolute atomic E-state index is 0.667. The molecule has 112 valence electrons. The maximum absolute atomic E-state index is 10.9. The van der Waals surface area contributed by atoms with Gasteiger partial charge in [0.1, 0.15) is 18.3 Å². The Hall–Kier alpha value is -1.26. The van der Waals surface area contributed by atoms with Crippen molar-refractivity contribution in [1.29, 1.82) is 0 Å². The predicted octanol–water partition coefficient (Wildman–Crippen LogP) is -3.60. The van der Waals surface area contributed by atoms with Gasteiger partial charge < -0.3 is 36.0 Å². The van der Waals surface area contributed by atoms with Crippen molar-refractivity contribution in [2.45, 2.75) is 43.8 Å². The summed E-state index contributed by atoms with van der Waals surface area (Å²) in [4.78, 5) is 21.4. The zero-order valence-electron chi connectivity index (χ0n) is 10.3. The Balaban J connectivity index is 4.91. The Labute approximate surface area is 109 Å². The summed E-state index contributed by atoms with van der Waals surface area (Å²) in [5, 5.41) is 57.2. The molecule has 0 aliphatic carbocycles. The first-order valence-electron chi connectivity index (χ1n) is 5.52. The molecular formula is C10H19NO8. The molecule has 0 aromatic rings. The largest absolute Gasteiger partial charge is 0.481 e. The summed E-state index contributed by atoms with van der Waals surface area (Å²) in [6.07, 6.45) is -7.84. The van der Waals surface area contributed by atoms with E-state index in [4.69, 9.17) is 10.2 Å². The molecule has 0 saturated heterocycles. The van der Waals surface area contributed by atoms with Crippen LogP contribution in [0.4, 0.5) is 0 Å². The summed E-state index contributed by atoms with van der Waals surface area (Å²) in [6, 6.07) is -1.50. The molecule has 0 aromatic carbocycles. The van der Waals surface area contributed by atoms with Crippen LogP contribution >= 0.6 is 0 Å². The topological polar surface area (TPSA) is 168 Å². The third kappa shape index (κ3) is 5.94. The summed E-state index contributed by atoms with van der Waals surface area (Å²) in [7, 11) is 0. The number of amides is 1. The van der Waals surface area contributed by atoms with E-state index in [1.54, 1.807) is 0 Å². The fourth-order valence-corrected chi connectivity index (χ4v) is 1.50.